The Kier molecular flexibility index (Phi) is 6.98. The lowest BCUT2D eigenvalue weighted by molar-refractivity contribution is -0.143. The molecule has 0 heterocycles. The minimum atomic E-state index is -4.66. The third-order valence-electron chi connectivity index (χ3n) is 4.07. The topological polar surface area (TPSA) is 55.4 Å². The number of benzene rings is 2. The normalized spacial score (nSPS) is 12.3. The fourth-order valence-corrected chi connectivity index (χ4v) is 2.71. The van der Waals surface area contributed by atoms with Crippen LogP contribution in [0.5, 0.6) is 0 Å². The molecule has 2 aromatic rings. The van der Waals surface area contributed by atoms with E-state index < -0.39 is 35.2 Å². The molecule has 0 aliphatic carbocycles. The van der Waals surface area contributed by atoms with E-state index in [1.165, 1.54) is 19.2 Å². The molecular weight excluding hydrogens is 359 g/mol. The highest BCUT2D eigenvalue weighted by atomic mass is 19.4. The molecule has 0 saturated carbocycles. The molecule has 144 valence electrons. The number of alkyl halides is 3. The lowest BCUT2D eigenvalue weighted by atomic mass is 10.0. The molecule has 2 aromatic carbocycles. The number of halogens is 3. The minimum absolute atomic E-state index is 0.251. The molecule has 0 unspecified atom stereocenters. The summed E-state index contributed by atoms with van der Waals surface area (Å²) in [5.74, 6) is -1.65. The number of carbonyl (C=O) groups is 2. The van der Waals surface area contributed by atoms with E-state index in [9.17, 15) is 22.8 Å². The van der Waals surface area contributed by atoms with Crippen molar-refractivity contribution in [3.05, 3.63) is 71.3 Å². The lowest BCUT2D eigenvalue weighted by Gasteiger charge is -2.18. The highest BCUT2D eigenvalue weighted by molar-refractivity contribution is 5.98. The van der Waals surface area contributed by atoms with Gasteiger partial charge < -0.3 is 10.1 Å². The Bertz CT molecular complexity index is 776. The van der Waals surface area contributed by atoms with Gasteiger partial charge in [0.25, 0.3) is 5.91 Å². The van der Waals surface area contributed by atoms with Gasteiger partial charge in [0.1, 0.15) is 6.04 Å². The molecule has 1 N–H and O–H groups in total. The van der Waals surface area contributed by atoms with E-state index in [0.29, 0.717) is 12.8 Å². The van der Waals surface area contributed by atoms with E-state index in [1.807, 2.05) is 30.3 Å². The summed E-state index contributed by atoms with van der Waals surface area (Å²) in [5.41, 5.74) is -0.507. The van der Waals surface area contributed by atoms with Crippen LogP contribution in [0.15, 0.2) is 54.6 Å². The fraction of sp³-hybridized carbons (Fsp3) is 0.300. The minimum Gasteiger partial charge on any atom is -0.467 e. The van der Waals surface area contributed by atoms with Crippen molar-refractivity contribution in [2.45, 2.75) is 31.5 Å². The smallest absolute Gasteiger partial charge is 0.417 e. The van der Waals surface area contributed by atoms with Gasteiger partial charge in [-0.15, -0.1) is 0 Å². The van der Waals surface area contributed by atoms with E-state index in [4.69, 9.17) is 0 Å². The number of rotatable bonds is 7. The van der Waals surface area contributed by atoms with Gasteiger partial charge in [0.15, 0.2) is 0 Å². The number of esters is 1. The molecule has 0 spiro atoms. The maximum Gasteiger partial charge on any atom is 0.417 e. The molecule has 4 nitrogen and oxygen atoms in total. The first-order valence-electron chi connectivity index (χ1n) is 8.41. The highest BCUT2D eigenvalue weighted by Gasteiger charge is 2.35. The van der Waals surface area contributed by atoms with Crippen LogP contribution in [-0.2, 0) is 22.1 Å². The second kappa shape index (κ2) is 9.21. The monoisotopic (exact) mass is 379 g/mol. The third kappa shape index (κ3) is 5.84. The first-order valence-corrected chi connectivity index (χ1v) is 8.41. The Labute approximate surface area is 155 Å². The second-order valence-electron chi connectivity index (χ2n) is 5.97. The number of carbonyl (C=O) groups excluding carboxylic acids is 2. The molecule has 0 aliphatic heterocycles. The van der Waals surface area contributed by atoms with Gasteiger partial charge >= 0.3 is 12.1 Å². The highest BCUT2D eigenvalue weighted by Crippen LogP contribution is 2.31. The summed E-state index contributed by atoms with van der Waals surface area (Å²) in [6.45, 7) is 0. The maximum absolute atomic E-state index is 13.1. The largest absolute Gasteiger partial charge is 0.467 e. The molecule has 7 heteroatoms. The molecule has 2 rings (SSSR count). The van der Waals surface area contributed by atoms with Crippen LogP contribution in [0.2, 0.25) is 0 Å². The van der Waals surface area contributed by atoms with Crippen molar-refractivity contribution >= 4 is 11.9 Å². The van der Waals surface area contributed by atoms with Crippen LogP contribution in [0, 0.1) is 0 Å². The molecule has 0 bridgehead atoms. The van der Waals surface area contributed by atoms with Crippen LogP contribution in [0.25, 0.3) is 0 Å². The summed E-state index contributed by atoms with van der Waals surface area (Å²) in [5, 5.41) is 2.37. The molecule has 0 aliphatic rings. The van der Waals surface area contributed by atoms with Crippen LogP contribution in [0.1, 0.15) is 34.3 Å². The Hall–Kier alpha value is -2.83. The van der Waals surface area contributed by atoms with Gasteiger partial charge in [-0.25, -0.2) is 4.79 Å². The summed E-state index contributed by atoms with van der Waals surface area (Å²) in [6.07, 6.45) is -3.18. The maximum atomic E-state index is 13.1. The van der Waals surface area contributed by atoms with Crippen LogP contribution in [-0.4, -0.2) is 25.0 Å². The third-order valence-corrected chi connectivity index (χ3v) is 4.07. The van der Waals surface area contributed by atoms with Gasteiger partial charge in [0, 0.05) is 0 Å². The number of hydrogen-bond acceptors (Lipinski definition) is 3. The van der Waals surface area contributed by atoms with Crippen molar-refractivity contribution in [3.8, 4) is 0 Å². The van der Waals surface area contributed by atoms with Gasteiger partial charge in [-0.3, -0.25) is 4.79 Å². The van der Waals surface area contributed by atoms with Gasteiger partial charge in [0.2, 0.25) is 0 Å². The SMILES string of the molecule is COC(=O)[C@@H](CCCc1ccccc1)NC(=O)c1ccccc1C(F)(F)F. The first-order chi connectivity index (χ1) is 12.8. The van der Waals surface area contributed by atoms with E-state index >= 15 is 0 Å². The summed E-state index contributed by atoms with van der Waals surface area (Å²) in [4.78, 5) is 24.3. The zero-order valence-electron chi connectivity index (χ0n) is 14.8. The van der Waals surface area contributed by atoms with Gasteiger partial charge in [-0.1, -0.05) is 42.5 Å². The molecule has 0 saturated heterocycles. The van der Waals surface area contributed by atoms with Crippen molar-refractivity contribution in [3.63, 3.8) is 0 Å². The molecule has 0 radical (unpaired) electrons. The summed E-state index contributed by atoms with van der Waals surface area (Å²) in [7, 11) is 1.17. The number of ether oxygens (including phenoxy) is 1. The van der Waals surface area contributed by atoms with Gasteiger partial charge in [-0.2, -0.15) is 13.2 Å². The Morgan fingerprint density at radius 1 is 1.04 bits per heavy atom. The van der Waals surface area contributed by atoms with E-state index in [-0.39, 0.29) is 6.42 Å². The Morgan fingerprint density at radius 3 is 2.30 bits per heavy atom. The van der Waals surface area contributed by atoms with E-state index in [1.54, 1.807) is 0 Å². The molecule has 0 fully saturated rings. The molecule has 1 atom stereocenters. The van der Waals surface area contributed by atoms with Crippen LogP contribution >= 0.6 is 0 Å². The number of hydrogen-bond donors (Lipinski definition) is 1. The fourth-order valence-electron chi connectivity index (χ4n) is 2.71. The lowest BCUT2D eigenvalue weighted by Crippen LogP contribution is -2.42. The zero-order chi connectivity index (χ0) is 19.9. The van der Waals surface area contributed by atoms with Crippen molar-refractivity contribution in [2.75, 3.05) is 7.11 Å². The standard InChI is InChI=1S/C20H20F3NO3/c1-27-19(26)17(13-7-10-14-8-3-2-4-9-14)24-18(25)15-11-5-6-12-16(15)20(21,22)23/h2-6,8-9,11-12,17H,7,10,13H2,1H3,(H,24,25)/t17-/m1/s1. The van der Waals surface area contributed by atoms with E-state index in [0.717, 1.165) is 17.7 Å². The quantitative estimate of drug-likeness (QED) is 0.740. The number of methoxy groups -OCH3 is 1. The molecule has 27 heavy (non-hydrogen) atoms. The predicted molar refractivity (Wildman–Crippen MR) is 94.1 cm³/mol. The molecule has 0 aromatic heterocycles. The van der Waals surface area contributed by atoms with Crippen molar-refractivity contribution in [1.82, 2.24) is 5.32 Å². The van der Waals surface area contributed by atoms with Crippen LogP contribution < -0.4 is 5.32 Å². The summed E-state index contributed by atoms with van der Waals surface area (Å²) >= 11 is 0. The Balaban J connectivity index is 2.07. The van der Waals surface area contributed by atoms with Crippen LogP contribution in [0.4, 0.5) is 13.2 Å². The Morgan fingerprint density at radius 2 is 1.67 bits per heavy atom. The number of aryl methyl sites for hydroxylation is 1. The number of amides is 1. The zero-order valence-corrected chi connectivity index (χ0v) is 14.8. The van der Waals surface area contributed by atoms with E-state index in [2.05, 4.69) is 10.1 Å². The molecule has 1 amide bonds. The van der Waals surface area contributed by atoms with Crippen molar-refractivity contribution in [2.24, 2.45) is 0 Å². The average Bonchev–Trinajstić information content (AvgIpc) is 2.66. The van der Waals surface area contributed by atoms with Crippen molar-refractivity contribution < 1.29 is 27.5 Å². The average molecular weight is 379 g/mol. The van der Waals surface area contributed by atoms with Gasteiger partial charge in [-0.05, 0) is 37.0 Å². The van der Waals surface area contributed by atoms with Crippen LogP contribution in [0.3, 0.4) is 0 Å². The molecular formula is C20H20F3NO3. The second-order valence-corrected chi connectivity index (χ2v) is 5.97. The first kappa shape index (κ1) is 20.5. The summed E-state index contributed by atoms with van der Waals surface area (Å²) in [6, 6.07) is 13.0. The number of nitrogens with one attached hydrogen (secondary N) is 1. The van der Waals surface area contributed by atoms with Crippen molar-refractivity contribution in [1.29, 1.82) is 0 Å². The summed E-state index contributed by atoms with van der Waals surface area (Å²) < 4.78 is 43.9. The van der Waals surface area contributed by atoms with Gasteiger partial charge in [0.05, 0.1) is 18.2 Å². The predicted octanol–water partition coefficient (Wildman–Crippen LogP) is 4.00.